The molecule has 2 N–H and O–H groups in total. The van der Waals surface area contributed by atoms with E-state index in [1.54, 1.807) is 0 Å². The number of aliphatic hydroxyl groups excluding tert-OH is 1. The summed E-state index contributed by atoms with van der Waals surface area (Å²) in [4.78, 5) is 0. The van der Waals surface area contributed by atoms with E-state index in [-0.39, 0.29) is 12.1 Å². The minimum absolute atomic E-state index is 0.145. The van der Waals surface area contributed by atoms with Gasteiger partial charge in [0.15, 0.2) is 0 Å². The van der Waals surface area contributed by atoms with Crippen LogP contribution >= 0.6 is 0 Å². The van der Waals surface area contributed by atoms with Gasteiger partial charge in [-0.1, -0.05) is 24.3 Å². The SMILES string of the molecule is OCC1(NCc2cccc(C3CC3)c2)CCOCC1. The molecule has 1 aromatic rings. The van der Waals surface area contributed by atoms with Gasteiger partial charge >= 0.3 is 0 Å². The van der Waals surface area contributed by atoms with Gasteiger partial charge in [0.05, 0.1) is 6.61 Å². The smallest absolute Gasteiger partial charge is 0.0615 e. The molecule has 1 aromatic carbocycles. The highest BCUT2D eigenvalue weighted by Crippen LogP contribution is 2.40. The molecule has 1 saturated heterocycles. The molecule has 0 radical (unpaired) electrons. The van der Waals surface area contributed by atoms with E-state index in [9.17, 15) is 5.11 Å². The monoisotopic (exact) mass is 261 g/mol. The van der Waals surface area contributed by atoms with Gasteiger partial charge in [-0.25, -0.2) is 0 Å². The highest BCUT2D eigenvalue weighted by atomic mass is 16.5. The lowest BCUT2D eigenvalue weighted by Crippen LogP contribution is -2.51. The molecule has 1 saturated carbocycles. The maximum Gasteiger partial charge on any atom is 0.0615 e. The summed E-state index contributed by atoms with van der Waals surface area (Å²) in [6.45, 7) is 2.52. The minimum atomic E-state index is -0.145. The molecule has 0 unspecified atom stereocenters. The summed E-state index contributed by atoms with van der Waals surface area (Å²) in [6, 6.07) is 8.87. The molecule has 2 fully saturated rings. The van der Waals surface area contributed by atoms with Crippen molar-refractivity contribution in [3.8, 4) is 0 Å². The van der Waals surface area contributed by atoms with Gasteiger partial charge in [0.25, 0.3) is 0 Å². The predicted molar refractivity (Wildman–Crippen MR) is 75.1 cm³/mol. The van der Waals surface area contributed by atoms with Gasteiger partial charge in [-0.05, 0) is 42.7 Å². The van der Waals surface area contributed by atoms with Crippen LogP contribution < -0.4 is 5.32 Å². The summed E-state index contributed by atoms with van der Waals surface area (Å²) >= 11 is 0. The second-order valence-corrected chi connectivity index (χ2v) is 5.92. The van der Waals surface area contributed by atoms with Gasteiger partial charge < -0.3 is 15.2 Å². The van der Waals surface area contributed by atoms with Crippen LogP contribution in [0, 0.1) is 0 Å². The number of ether oxygens (including phenoxy) is 1. The van der Waals surface area contributed by atoms with Gasteiger partial charge in [-0.2, -0.15) is 0 Å². The lowest BCUT2D eigenvalue weighted by Gasteiger charge is -2.36. The molecule has 0 atom stereocenters. The average Bonchev–Trinajstić information content (AvgIpc) is 3.31. The second-order valence-electron chi connectivity index (χ2n) is 5.92. The lowest BCUT2D eigenvalue weighted by molar-refractivity contribution is 0.0111. The zero-order valence-electron chi connectivity index (χ0n) is 11.4. The van der Waals surface area contributed by atoms with Crippen molar-refractivity contribution in [3.05, 3.63) is 35.4 Å². The zero-order chi connectivity index (χ0) is 13.1. The molecule has 19 heavy (non-hydrogen) atoms. The van der Waals surface area contributed by atoms with Crippen molar-refractivity contribution in [2.75, 3.05) is 19.8 Å². The fourth-order valence-electron chi connectivity index (χ4n) is 2.82. The molecule has 0 aromatic heterocycles. The summed E-state index contributed by atoms with van der Waals surface area (Å²) < 4.78 is 5.39. The van der Waals surface area contributed by atoms with E-state index in [1.165, 1.54) is 24.0 Å². The van der Waals surface area contributed by atoms with Crippen molar-refractivity contribution >= 4 is 0 Å². The van der Waals surface area contributed by atoms with E-state index in [1.807, 2.05) is 0 Å². The van der Waals surface area contributed by atoms with Crippen LogP contribution in [0.25, 0.3) is 0 Å². The maximum atomic E-state index is 9.65. The normalized spacial score (nSPS) is 22.4. The quantitative estimate of drug-likeness (QED) is 0.854. The van der Waals surface area contributed by atoms with Gasteiger partial charge in [-0.3, -0.25) is 0 Å². The van der Waals surface area contributed by atoms with Crippen LogP contribution in [-0.2, 0) is 11.3 Å². The number of benzene rings is 1. The first-order valence-corrected chi connectivity index (χ1v) is 7.34. The van der Waals surface area contributed by atoms with E-state index in [0.717, 1.165) is 38.5 Å². The van der Waals surface area contributed by atoms with E-state index in [2.05, 4.69) is 29.6 Å². The average molecular weight is 261 g/mol. The molecule has 0 amide bonds. The summed E-state index contributed by atoms with van der Waals surface area (Å²) in [5.41, 5.74) is 2.65. The van der Waals surface area contributed by atoms with Crippen LogP contribution in [0.2, 0.25) is 0 Å². The van der Waals surface area contributed by atoms with Crippen molar-refractivity contribution in [3.63, 3.8) is 0 Å². The van der Waals surface area contributed by atoms with Crippen molar-refractivity contribution in [2.45, 2.75) is 43.7 Å². The molecule has 2 aliphatic rings. The Balaban J connectivity index is 1.62. The van der Waals surface area contributed by atoms with E-state index >= 15 is 0 Å². The van der Waals surface area contributed by atoms with Crippen LogP contribution in [0.1, 0.15) is 42.7 Å². The Morgan fingerprint density at radius 1 is 1.26 bits per heavy atom. The van der Waals surface area contributed by atoms with Crippen LogP contribution in [0.3, 0.4) is 0 Å². The fourth-order valence-corrected chi connectivity index (χ4v) is 2.82. The Kier molecular flexibility index (Phi) is 3.87. The second kappa shape index (κ2) is 5.61. The molecular weight excluding hydrogens is 238 g/mol. The summed E-state index contributed by atoms with van der Waals surface area (Å²) in [7, 11) is 0. The molecule has 3 heteroatoms. The topological polar surface area (TPSA) is 41.5 Å². The van der Waals surface area contributed by atoms with E-state index < -0.39 is 0 Å². The first-order valence-electron chi connectivity index (χ1n) is 7.34. The van der Waals surface area contributed by atoms with Crippen molar-refractivity contribution in [1.29, 1.82) is 0 Å². The molecule has 3 rings (SSSR count). The predicted octanol–water partition coefficient (Wildman–Crippen LogP) is 2.20. The van der Waals surface area contributed by atoms with Gasteiger partial charge in [-0.15, -0.1) is 0 Å². The fraction of sp³-hybridized carbons (Fsp3) is 0.625. The highest BCUT2D eigenvalue weighted by Gasteiger charge is 2.31. The van der Waals surface area contributed by atoms with Gasteiger partial charge in [0.2, 0.25) is 0 Å². The van der Waals surface area contributed by atoms with Gasteiger partial charge in [0.1, 0.15) is 0 Å². The Bertz CT molecular complexity index is 423. The van der Waals surface area contributed by atoms with Crippen molar-refractivity contribution < 1.29 is 9.84 Å². The zero-order valence-corrected chi connectivity index (χ0v) is 11.4. The summed E-state index contributed by atoms with van der Waals surface area (Å²) in [5, 5.41) is 13.2. The highest BCUT2D eigenvalue weighted by molar-refractivity contribution is 5.29. The third kappa shape index (κ3) is 3.16. The number of aliphatic hydroxyl groups is 1. The van der Waals surface area contributed by atoms with E-state index in [0.29, 0.717) is 0 Å². The first kappa shape index (κ1) is 13.1. The standard InChI is InChI=1S/C16H23NO2/c18-12-16(6-8-19-9-7-16)17-11-13-2-1-3-15(10-13)14-4-5-14/h1-3,10,14,17-18H,4-9,11-12H2. The van der Waals surface area contributed by atoms with Crippen LogP contribution in [0.5, 0.6) is 0 Å². The number of hydrogen-bond donors (Lipinski definition) is 2. The summed E-state index contributed by atoms with van der Waals surface area (Å²) in [5.74, 6) is 0.801. The molecule has 104 valence electrons. The maximum absolute atomic E-state index is 9.65. The van der Waals surface area contributed by atoms with Gasteiger partial charge in [0, 0.05) is 25.3 Å². The number of hydrogen-bond acceptors (Lipinski definition) is 3. The number of rotatable bonds is 5. The third-order valence-corrected chi connectivity index (χ3v) is 4.42. The first-order chi connectivity index (χ1) is 9.31. The molecule has 1 aliphatic heterocycles. The molecule has 1 heterocycles. The van der Waals surface area contributed by atoms with Crippen LogP contribution in [0.4, 0.5) is 0 Å². The van der Waals surface area contributed by atoms with E-state index in [4.69, 9.17) is 4.74 Å². The summed E-state index contributed by atoms with van der Waals surface area (Å²) in [6.07, 6.45) is 4.47. The minimum Gasteiger partial charge on any atom is -0.394 e. The molecular formula is C16H23NO2. The van der Waals surface area contributed by atoms with Crippen LogP contribution in [-0.4, -0.2) is 30.5 Å². The Labute approximate surface area is 115 Å². The molecule has 1 aliphatic carbocycles. The van der Waals surface area contributed by atoms with Crippen molar-refractivity contribution in [2.24, 2.45) is 0 Å². The Morgan fingerprint density at radius 3 is 2.74 bits per heavy atom. The van der Waals surface area contributed by atoms with Crippen LogP contribution in [0.15, 0.2) is 24.3 Å². The lowest BCUT2D eigenvalue weighted by atomic mass is 9.90. The third-order valence-electron chi connectivity index (χ3n) is 4.42. The largest absolute Gasteiger partial charge is 0.394 e. The molecule has 3 nitrogen and oxygen atoms in total. The Morgan fingerprint density at radius 2 is 2.05 bits per heavy atom. The van der Waals surface area contributed by atoms with Crippen molar-refractivity contribution in [1.82, 2.24) is 5.32 Å². The molecule has 0 spiro atoms. The number of nitrogens with one attached hydrogen (secondary N) is 1. The molecule has 0 bridgehead atoms. The Hall–Kier alpha value is -0.900.